The number of esters is 1. The molecule has 0 atom stereocenters. The number of nitrogens with one attached hydrogen (secondary N) is 1. The minimum absolute atomic E-state index is 0.0142. The topological polar surface area (TPSA) is 97.5 Å². The number of carbonyl (C=O) groups is 2. The molecule has 1 saturated heterocycles. The molecule has 0 unspecified atom stereocenters. The van der Waals surface area contributed by atoms with E-state index < -0.39 is 5.97 Å². The van der Waals surface area contributed by atoms with E-state index in [-0.39, 0.29) is 23.8 Å². The molecule has 1 aromatic heterocycles. The van der Waals surface area contributed by atoms with Crippen molar-refractivity contribution in [3.63, 3.8) is 0 Å². The zero-order chi connectivity index (χ0) is 13.8. The second-order valence-electron chi connectivity index (χ2n) is 4.20. The second-order valence-corrected chi connectivity index (χ2v) is 4.98. The Bertz CT molecular complexity index is 482. The molecule has 0 spiro atoms. The molecule has 104 valence electrons. The van der Waals surface area contributed by atoms with E-state index in [0.29, 0.717) is 5.00 Å². The fourth-order valence-corrected chi connectivity index (χ4v) is 2.65. The monoisotopic (exact) mass is 284 g/mol. The summed E-state index contributed by atoms with van der Waals surface area (Å²) in [5.41, 5.74) is 5.81. The molecule has 0 radical (unpaired) electrons. The summed E-state index contributed by atoms with van der Waals surface area (Å²) in [6.07, 6.45) is 2.10. The first-order chi connectivity index (χ1) is 9.13. The van der Waals surface area contributed by atoms with Crippen molar-refractivity contribution in [2.24, 2.45) is 0 Å². The van der Waals surface area contributed by atoms with Crippen LogP contribution in [0.1, 0.15) is 23.2 Å². The molecule has 2 heterocycles. The summed E-state index contributed by atoms with van der Waals surface area (Å²) in [6.45, 7) is 1.73. The summed E-state index contributed by atoms with van der Waals surface area (Å²) < 4.78 is 8.53. The van der Waals surface area contributed by atoms with E-state index in [1.807, 2.05) is 0 Å². The van der Waals surface area contributed by atoms with Crippen LogP contribution in [0.15, 0.2) is 0 Å². The van der Waals surface area contributed by atoms with Gasteiger partial charge in [0.25, 0.3) is 0 Å². The van der Waals surface area contributed by atoms with Gasteiger partial charge in [0.15, 0.2) is 5.82 Å². The number of rotatable bonds is 4. The highest BCUT2D eigenvalue weighted by Gasteiger charge is 2.22. The van der Waals surface area contributed by atoms with Crippen LogP contribution in [0.25, 0.3) is 0 Å². The van der Waals surface area contributed by atoms with E-state index in [9.17, 15) is 9.59 Å². The van der Waals surface area contributed by atoms with Gasteiger partial charge in [-0.3, -0.25) is 4.79 Å². The van der Waals surface area contributed by atoms with Crippen LogP contribution in [0.5, 0.6) is 0 Å². The molecule has 3 N–H and O–H groups in total. The van der Waals surface area contributed by atoms with Crippen LogP contribution in [0.2, 0.25) is 0 Å². The Hall–Kier alpha value is -1.83. The third kappa shape index (κ3) is 2.95. The lowest BCUT2D eigenvalue weighted by atomic mass is 10.3. The predicted octanol–water partition coefficient (Wildman–Crippen LogP) is 0.546. The SMILES string of the molecule is COC(=O)c1c(N)nsc1NCC(=O)N1CCCC1. The molecule has 2 rings (SSSR count). The summed E-state index contributed by atoms with van der Waals surface area (Å²) in [6, 6.07) is 0. The number of nitrogen functional groups attached to an aromatic ring is 1. The number of amides is 1. The summed E-state index contributed by atoms with van der Waals surface area (Å²) >= 11 is 1.05. The molecule has 1 aliphatic rings. The van der Waals surface area contributed by atoms with E-state index in [2.05, 4.69) is 14.4 Å². The van der Waals surface area contributed by atoms with Crippen molar-refractivity contribution in [3.05, 3.63) is 5.56 Å². The van der Waals surface area contributed by atoms with Gasteiger partial charge in [0.05, 0.1) is 13.7 Å². The lowest BCUT2D eigenvalue weighted by Gasteiger charge is -2.15. The predicted molar refractivity (Wildman–Crippen MR) is 72.2 cm³/mol. The molecule has 1 amide bonds. The van der Waals surface area contributed by atoms with E-state index in [4.69, 9.17) is 5.73 Å². The summed E-state index contributed by atoms with van der Waals surface area (Å²) in [7, 11) is 1.28. The molecular weight excluding hydrogens is 268 g/mol. The van der Waals surface area contributed by atoms with Gasteiger partial charge in [0.1, 0.15) is 10.6 Å². The standard InChI is InChI=1S/C11H16N4O3S/c1-18-11(17)8-9(12)14-19-10(8)13-6-7(16)15-4-2-3-5-15/h13H,2-6H2,1H3,(H2,12,14). The molecule has 0 bridgehead atoms. The first kappa shape index (κ1) is 13.6. The lowest BCUT2D eigenvalue weighted by molar-refractivity contribution is -0.128. The van der Waals surface area contributed by atoms with Crippen molar-refractivity contribution in [1.82, 2.24) is 9.27 Å². The van der Waals surface area contributed by atoms with Crippen LogP contribution in [0.4, 0.5) is 10.8 Å². The molecule has 19 heavy (non-hydrogen) atoms. The molecule has 1 aliphatic heterocycles. The Balaban J connectivity index is 1.99. The van der Waals surface area contributed by atoms with Gasteiger partial charge in [0, 0.05) is 13.1 Å². The number of methoxy groups -OCH3 is 1. The van der Waals surface area contributed by atoms with Crippen LogP contribution in [0, 0.1) is 0 Å². The normalized spacial score (nSPS) is 14.5. The average Bonchev–Trinajstić information content (AvgIpc) is 3.04. The first-order valence-electron chi connectivity index (χ1n) is 5.98. The van der Waals surface area contributed by atoms with E-state index in [1.165, 1.54) is 7.11 Å². The highest BCUT2D eigenvalue weighted by Crippen LogP contribution is 2.27. The third-order valence-corrected chi connectivity index (χ3v) is 3.79. The van der Waals surface area contributed by atoms with E-state index in [1.54, 1.807) is 4.90 Å². The van der Waals surface area contributed by atoms with Crippen molar-refractivity contribution in [2.45, 2.75) is 12.8 Å². The Labute approximate surface area is 114 Å². The Morgan fingerprint density at radius 1 is 1.47 bits per heavy atom. The van der Waals surface area contributed by atoms with Crippen LogP contribution < -0.4 is 11.1 Å². The maximum Gasteiger partial charge on any atom is 0.344 e. The Morgan fingerprint density at radius 3 is 2.79 bits per heavy atom. The van der Waals surface area contributed by atoms with Crippen LogP contribution in [-0.2, 0) is 9.53 Å². The first-order valence-corrected chi connectivity index (χ1v) is 6.76. The minimum atomic E-state index is -0.553. The average molecular weight is 284 g/mol. The second kappa shape index (κ2) is 5.87. The summed E-state index contributed by atoms with van der Waals surface area (Å²) in [4.78, 5) is 25.2. The van der Waals surface area contributed by atoms with Crippen LogP contribution in [-0.4, -0.2) is 47.9 Å². The number of hydrogen-bond acceptors (Lipinski definition) is 7. The quantitative estimate of drug-likeness (QED) is 0.783. The molecule has 7 nitrogen and oxygen atoms in total. The molecule has 1 fully saturated rings. The van der Waals surface area contributed by atoms with Gasteiger partial charge in [0.2, 0.25) is 5.91 Å². The number of carbonyl (C=O) groups excluding carboxylic acids is 2. The van der Waals surface area contributed by atoms with Gasteiger partial charge in [-0.2, -0.15) is 4.37 Å². The van der Waals surface area contributed by atoms with Gasteiger partial charge in [-0.05, 0) is 24.4 Å². The highest BCUT2D eigenvalue weighted by atomic mass is 32.1. The van der Waals surface area contributed by atoms with Crippen molar-refractivity contribution in [1.29, 1.82) is 0 Å². The van der Waals surface area contributed by atoms with Gasteiger partial charge in [-0.25, -0.2) is 4.79 Å². The lowest BCUT2D eigenvalue weighted by Crippen LogP contribution is -2.33. The number of anilines is 2. The maximum atomic E-state index is 11.9. The van der Waals surface area contributed by atoms with Crippen LogP contribution in [0.3, 0.4) is 0 Å². The zero-order valence-corrected chi connectivity index (χ0v) is 11.5. The molecule has 0 saturated carbocycles. The molecule has 0 aliphatic carbocycles. The van der Waals surface area contributed by atoms with E-state index in [0.717, 1.165) is 37.5 Å². The van der Waals surface area contributed by atoms with Gasteiger partial charge < -0.3 is 20.7 Å². The van der Waals surface area contributed by atoms with E-state index >= 15 is 0 Å². The zero-order valence-electron chi connectivity index (χ0n) is 10.6. The number of ether oxygens (including phenoxy) is 1. The van der Waals surface area contributed by atoms with Crippen molar-refractivity contribution in [2.75, 3.05) is 37.8 Å². The third-order valence-electron chi connectivity index (χ3n) is 2.97. The molecule has 8 heteroatoms. The van der Waals surface area contributed by atoms with Gasteiger partial charge >= 0.3 is 5.97 Å². The fourth-order valence-electron chi connectivity index (χ4n) is 1.96. The maximum absolute atomic E-state index is 11.9. The highest BCUT2D eigenvalue weighted by molar-refractivity contribution is 7.11. The summed E-state index contributed by atoms with van der Waals surface area (Å²) in [5.74, 6) is -0.421. The molecule has 0 aromatic carbocycles. The van der Waals surface area contributed by atoms with Gasteiger partial charge in [-0.1, -0.05) is 0 Å². The van der Waals surface area contributed by atoms with Crippen molar-refractivity contribution < 1.29 is 14.3 Å². The molecule has 1 aromatic rings. The van der Waals surface area contributed by atoms with Crippen molar-refractivity contribution in [3.8, 4) is 0 Å². The summed E-state index contributed by atoms with van der Waals surface area (Å²) in [5, 5.41) is 3.38. The smallest absolute Gasteiger partial charge is 0.344 e. The number of nitrogens with two attached hydrogens (primary N) is 1. The Kier molecular flexibility index (Phi) is 4.20. The minimum Gasteiger partial charge on any atom is -0.465 e. The van der Waals surface area contributed by atoms with Gasteiger partial charge in [-0.15, -0.1) is 0 Å². The number of nitrogens with zero attached hydrogens (tertiary/aromatic N) is 2. The number of hydrogen-bond donors (Lipinski definition) is 2. The van der Waals surface area contributed by atoms with Crippen molar-refractivity contribution >= 4 is 34.2 Å². The number of aromatic nitrogens is 1. The number of likely N-dealkylation sites (tertiary alicyclic amines) is 1. The Morgan fingerprint density at radius 2 is 2.16 bits per heavy atom. The molecular formula is C11H16N4O3S. The fraction of sp³-hybridized carbons (Fsp3) is 0.545. The largest absolute Gasteiger partial charge is 0.465 e. The van der Waals surface area contributed by atoms with Crippen LogP contribution >= 0.6 is 11.5 Å².